The standard InChI is InChI=1S/C27H25ClN6O2/c1-3-33-16-22(29-17-33)30-25(35)20-15-21-24(31-23(20)28)32-26(34(21)4-2)27(36,18-11-7-5-8-12-18)19-13-9-6-10-14-19/h5-17,36H,3-4H2,1-2H3,(H,30,35). The molecule has 9 heteroatoms. The van der Waals surface area contributed by atoms with Crippen LogP contribution in [0, 0.1) is 0 Å². The van der Waals surface area contributed by atoms with Crippen LogP contribution < -0.4 is 5.32 Å². The summed E-state index contributed by atoms with van der Waals surface area (Å²) in [5, 5.41) is 15.1. The van der Waals surface area contributed by atoms with Crippen molar-refractivity contribution in [2.45, 2.75) is 32.5 Å². The number of amides is 1. The Balaban J connectivity index is 1.65. The van der Waals surface area contributed by atoms with Crippen LogP contribution in [0.3, 0.4) is 0 Å². The van der Waals surface area contributed by atoms with Crippen molar-refractivity contribution in [3.63, 3.8) is 0 Å². The summed E-state index contributed by atoms with van der Waals surface area (Å²) in [7, 11) is 0. The number of halogens is 1. The van der Waals surface area contributed by atoms with E-state index >= 15 is 0 Å². The van der Waals surface area contributed by atoms with Crippen LogP contribution in [0.5, 0.6) is 0 Å². The Hall–Kier alpha value is -4.01. The summed E-state index contributed by atoms with van der Waals surface area (Å²) in [5.41, 5.74) is 0.898. The van der Waals surface area contributed by atoms with Crippen LogP contribution in [0.25, 0.3) is 11.2 Å². The molecule has 0 aliphatic rings. The van der Waals surface area contributed by atoms with Gasteiger partial charge in [-0.25, -0.2) is 15.0 Å². The largest absolute Gasteiger partial charge is 0.373 e. The summed E-state index contributed by atoms with van der Waals surface area (Å²) >= 11 is 6.44. The summed E-state index contributed by atoms with van der Waals surface area (Å²) in [5.74, 6) is 0.382. The van der Waals surface area contributed by atoms with Crippen molar-refractivity contribution in [2.75, 3.05) is 5.32 Å². The van der Waals surface area contributed by atoms with Crippen LogP contribution in [-0.2, 0) is 18.7 Å². The first kappa shape index (κ1) is 23.7. The van der Waals surface area contributed by atoms with E-state index in [2.05, 4.69) is 15.3 Å². The van der Waals surface area contributed by atoms with Crippen LogP contribution >= 0.6 is 11.6 Å². The van der Waals surface area contributed by atoms with E-state index < -0.39 is 11.5 Å². The van der Waals surface area contributed by atoms with Gasteiger partial charge in [0.1, 0.15) is 5.15 Å². The second kappa shape index (κ2) is 9.56. The van der Waals surface area contributed by atoms with Gasteiger partial charge in [0.25, 0.3) is 5.91 Å². The minimum absolute atomic E-state index is 0.0187. The third-order valence-corrected chi connectivity index (χ3v) is 6.49. The van der Waals surface area contributed by atoms with E-state index in [4.69, 9.17) is 16.6 Å². The number of nitrogens with zero attached hydrogens (tertiary/aromatic N) is 5. The van der Waals surface area contributed by atoms with Crippen LogP contribution in [0.15, 0.2) is 79.3 Å². The molecule has 5 rings (SSSR count). The zero-order valence-electron chi connectivity index (χ0n) is 19.9. The van der Waals surface area contributed by atoms with Crippen molar-refractivity contribution in [1.29, 1.82) is 0 Å². The number of benzene rings is 2. The fourth-order valence-corrected chi connectivity index (χ4v) is 4.57. The van der Waals surface area contributed by atoms with E-state index in [1.165, 1.54) is 0 Å². The van der Waals surface area contributed by atoms with Crippen LogP contribution in [0.2, 0.25) is 5.15 Å². The third kappa shape index (κ3) is 4.04. The topological polar surface area (TPSA) is 97.9 Å². The van der Waals surface area contributed by atoms with Crippen LogP contribution in [0.1, 0.15) is 41.2 Å². The molecule has 2 aromatic carbocycles. The minimum atomic E-state index is -1.55. The number of aromatic nitrogens is 5. The molecule has 0 atom stereocenters. The van der Waals surface area contributed by atoms with Crippen LogP contribution in [-0.4, -0.2) is 35.1 Å². The second-order valence-electron chi connectivity index (χ2n) is 8.34. The molecule has 3 heterocycles. The lowest BCUT2D eigenvalue weighted by Crippen LogP contribution is -2.32. The number of nitrogens with one attached hydrogen (secondary N) is 1. The van der Waals surface area contributed by atoms with Gasteiger partial charge in [-0.1, -0.05) is 72.3 Å². The average molecular weight is 501 g/mol. The second-order valence-corrected chi connectivity index (χ2v) is 8.69. The number of aryl methyl sites for hydroxylation is 2. The number of aliphatic hydroxyl groups is 1. The maximum absolute atomic E-state index is 13.1. The molecule has 0 aliphatic heterocycles. The molecule has 1 amide bonds. The summed E-state index contributed by atoms with van der Waals surface area (Å²) < 4.78 is 3.71. The van der Waals surface area contributed by atoms with Crippen molar-refractivity contribution >= 4 is 34.5 Å². The van der Waals surface area contributed by atoms with E-state index in [9.17, 15) is 9.90 Å². The molecular weight excluding hydrogens is 476 g/mol. The number of imidazole rings is 2. The summed E-state index contributed by atoms with van der Waals surface area (Å²) in [4.78, 5) is 26.4. The van der Waals surface area contributed by atoms with Crippen molar-refractivity contribution in [2.24, 2.45) is 0 Å². The first-order chi connectivity index (χ1) is 17.5. The molecule has 182 valence electrons. The first-order valence-electron chi connectivity index (χ1n) is 11.7. The molecule has 0 saturated carbocycles. The molecule has 0 unspecified atom stereocenters. The molecule has 0 spiro atoms. The zero-order valence-corrected chi connectivity index (χ0v) is 20.6. The Morgan fingerprint density at radius 1 is 1.00 bits per heavy atom. The quantitative estimate of drug-likeness (QED) is 0.311. The van der Waals surface area contributed by atoms with E-state index in [1.54, 1.807) is 18.6 Å². The Bertz CT molecular complexity index is 1490. The molecular formula is C27H25ClN6O2. The molecule has 0 bridgehead atoms. The van der Waals surface area contributed by atoms with Crippen molar-refractivity contribution in [3.8, 4) is 0 Å². The zero-order chi connectivity index (χ0) is 25.3. The SMILES string of the molecule is CCn1cnc(NC(=O)c2cc3c(nc2Cl)nc(C(O)(c2ccccc2)c2ccccc2)n3CC)c1. The van der Waals surface area contributed by atoms with Gasteiger partial charge in [0.2, 0.25) is 0 Å². The van der Waals surface area contributed by atoms with Gasteiger partial charge >= 0.3 is 0 Å². The molecule has 0 radical (unpaired) electrons. The smallest absolute Gasteiger partial charge is 0.260 e. The molecule has 8 nitrogen and oxygen atoms in total. The monoisotopic (exact) mass is 500 g/mol. The van der Waals surface area contributed by atoms with Gasteiger partial charge in [0.05, 0.1) is 17.4 Å². The number of anilines is 1. The fourth-order valence-electron chi connectivity index (χ4n) is 4.35. The minimum Gasteiger partial charge on any atom is -0.373 e. The Labute approximate surface area is 213 Å². The number of pyridine rings is 1. The van der Waals surface area contributed by atoms with Gasteiger partial charge in [0, 0.05) is 19.3 Å². The first-order valence-corrected chi connectivity index (χ1v) is 12.1. The summed E-state index contributed by atoms with van der Waals surface area (Å²) in [6.07, 6.45) is 3.39. The maximum atomic E-state index is 13.1. The van der Waals surface area contributed by atoms with E-state index in [0.717, 1.165) is 6.54 Å². The van der Waals surface area contributed by atoms with E-state index in [0.29, 0.717) is 40.5 Å². The number of rotatable bonds is 7. The lowest BCUT2D eigenvalue weighted by Gasteiger charge is -2.29. The predicted octanol–water partition coefficient (Wildman–Crippen LogP) is 4.86. The molecule has 0 fully saturated rings. The number of hydrogen-bond acceptors (Lipinski definition) is 5. The van der Waals surface area contributed by atoms with Gasteiger partial charge in [-0.15, -0.1) is 0 Å². The van der Waals surface area contributed by atoms with Gasteiger partial charge in [0.15, 0.2) is 22.9 Å². The van der Waals surface area contributed by atoms with Gasteiger partial charge in [-0.05, 0) is 31.0 Å². The maximum Gasteiger partial charge on any atom is 0.260 e. The van der Waals surface area contributed by atoms with Crippen LogP contribution in [0.4, 0.5) is 5.82 Å². The lowest BCUT2D eigenvalue weighted by molar-refractivity contribution is 0.102. The molecule has 2 N–H and O–H groups in total. The van der Waals surface area contributed by atoms with Gasteiger partial charge < -0.3 is 19.6 Å². The number of carbonyl (C=O) groups is 1. The average Bonchev–Trinajstić information content (AvgIpc) is 3.52. The molecule has 0 aliphatic carbocycles. The fraction of sp³-hybridized carbons (Fsp3) is 0.185. The highest BCUT2D eigenvalue weighted by atomic mass is 35.5. The number of fused-ring (bicyclic) bond motifs is 1. The third-order valence-electron chi connectivity index (χ3n) is 6.20. The highest BCUT2D eigenvalue weighted by Crippen LogP contribution is 2.38. The lowest BCUT2D eigenvalue weighted by atomic mass is 9.85. The summed E-state index contributed by atoms with van der Waals surface area (Å²) in [6, 6.07) is 20.4. The number of hydrogen-bond donors (Lipinski definition) is 2. The Morgan fingerprint density at radius 2 is 1.64 bits per heavy atom. The Kier molecular flexibility index (Phi) is 6.30. The normalized spacial score (nSPS) is 11.7. The molecule has 3 aromatic heterocycles. The summed E-state index contributed by atoms with van der Waals surface area (Å²) in [6.45, 7) is 5.16. The van der Waals surface area contributed by atoms with E-state index in [-0.39, 0.29) is 10.7 Å². The Morgan fingerprint density at radius 3 is 2.19 bits per heavy atom. The molecule has 36 heavy (non-hydrogen) atoms. The van der Waals surface area contributed by atoms with Gasteiger partial charge in [-0.2, -0.15) is 0 Å². The molecule has 0 saturated heterocycles. The van der Waals surface area contributed by atoms with E-state index in [1.807, 2.05) is 83.6 Å². The molecule has 5 aromatic rings. The number of carbonyl (C=O) groups excluding carboxylic acids is 1. The van der Waals surface area contributed by atoms with Crippen molar-refractivity contribution in [3.05, 3.63) is 107 Å². The highest BCUT2D eigenvalue weighted by molar-refractivity contribution is 6.33. The highest BCUT2D eigenvalue weighted by Gasteiger charge is 2.39. The van der Waals surface area contributed by atoms with Gasteiger partial charge in [-0.3, -0.25) is 4.79 Å². The van der Waals surface area contributed by atoms with Crippen molar-refractivity contribution < 1.29 is 9.90 Å². The predicted molar refractivity (Wildman–Crippen MR) is 139 cm³/mol. The van der Waals surface area contributed by atoms with Crippen molar-refractivity contribution in [1.82, 2.24) is 24.1 Å².